The zero-order valence-corrected chi connectivity index (χ0v) is 12.9. The number of nitrogens with zero attached hydrogens (tertiary/aromatic N) is 1. The molecule has 0 unspecified atom stereocenters. The summed E-state index contributed by atoms with van der Waals surface area (Å²) in [5, 5.41) is 13.2. The van der Waals surface area contributed by atoms with Crippen molar-refractivity contribution in [1.82, 2.24) is 10.3 Å². The number of hydrogen-bond acceptors (Lipinski definition) is 3. The number of nitrogens with one attached hydrogen (secondary N) is 1. The summed E-state index contributed by atoms with van der Waals surface area (Å²) in [6.45, 7) is 3.54. The highest BCUT2D eigenvalue weighted by Crippen LogP contribution is 2.26. The van der Waals surface area contributed by atoms with Gasteiger partial charge in [0.2, 0.25) is 0 Å². The Kier molecular flexibility index (Phi) is 4.24. The van der Waals surface area contributed by atoms with E-state index in [-0.39, 0.29) is 6.42 Å². The van der Waals surface area contributed by atoms with E-state index in [0.717, 1.165) is 0 Å². The average molecular weight is 320 g/mol. The number of amides is 1. The van der Waals surface area contributed by atoms with Gasteiger partial charge in [0.25, 0.3) is 5.91 Å². The first-order valence-corrected chi connectivity index (χ1v) is 7.54. The summed E-state index contributed by atoms with van der Waals surface area (Å²) in [5.74, 6) is -1.52. The van der Waals surface area contributed by atoms with E-state index in [4.69, 9.17) is 0 Å². The molecule has 5 heteroatoms. The summed E-state index contributed by atoms with van der Waals surface area (Å²) < 4.78 is 0. The van der Waals surface area contributed by atoms with Gasteiger partial charge in [0.15, 0.2) is 0 Å². The van der Waals surface area contributed by atoms with Gasteiger partial charge in [0.05, 0.1) is 16.6 Å². The Morgan fingerprint density at radius 2 is 1.62 bits per heavy atom. The largest absolute Gasteiger partial charge is 0.480 e. The van der Waals surface area contributed by atoms with Gasteiger partial charge in [-0.2, -0.15) is 0 Å². The Hall–Kier alpha value is -3.21. The number of carboxylic acids is 1. The van der Waals surface area contributed by atoms with E-state index in [1.165, 1.54) is 6.08 Å². The standard InChI is InChI=1S/C19H16N2O3/c1-2-7-16(19(23)24)21-18(22)17-12-8-3-5-10-14(12)20-15-11-6-4-9-13(15)17/h2-6,8-11,16H,1,7H2,(H,21,22)(H,23,24)/t16-/m1/s1. The lowest BCUT2D eigenvalue weighted by atomic mass is 10.0. The fourth-order valence-electron chi connectivity index (χ4n) is 2.70. The number of carbonyl (C=O) groups excluding carboxylic acids is 1. The number of hydrogen-bond donors (Lipinski definition) is 2. The van der Waals surface area contributed by atoms with Crippen molar-refractivity contribution >= 4 is 33.7 Å². The predicted octanol–water partition coefficient (Wildman–Crippen LogP) is 3.15. The van der Waals surface area contributed by atoms with Crippen molar-refractivity contribution in [3.63, 3.8) is 0 Å². The van der Waals surface area contributed by atoms with Crippen LogP contribution in [0.25, 0.3) is 21.8 Å². The first kappa shape index (κ1) is 15.7. The van der Waals surface area contributed by atoms with E-state index in [2.05, 4.69) is 16.9 Å². The molecule has 0 bridgehead atoms. The van der Waals surface area contributed by atoms with Gasteiger partial charge in [-0.25, -0.2) is 9.78 Å². The molecule has 0 spiro atoms. The molecule has 1 aromatic heterocycles. The van der Waals surface area contributed by atoms with Crippen LogP contribution in [0.3, 0.4) is 0 Å². The highest BCUT2D eigenvalue weighted by Gasteiger charge is 2.22. The molecule has 0 saturated heterocycles. The van der Waals surface area contributed by atoms with Gasteiger partial charge >= 0.3 is 5.97 Å². The molecule has 1 heterocycles. The van der Waals surface area contributed by atoms with E-state index < -0.39 is 17.9 Å². The molecule has 1 amide bonds. The third-order valence-corrected chi connectivity index (χ3v) is 3.82. The van der Waals surface area contributed by atoms with Crippen molar-refractivity contribution in [1.29, 1.82) is 0 Å². The summed E-state index contributed by atoms with van der Waals surface area (Å²) in [6, 6.07) is 13.6. The smallest absolute Gasteiger partial charge is 0.326 e. The topological polar surface area (TPSA) is 79.3 Å². The van der Waals surface area contributed by atoms with E-state index in [1.807, 2.05) is 48.5 Å². The Balaban J connectivity index is 2.16. The van der Waals surface area contributed by atoms with E-state index in [9.17, 15) is 14.7 Å². The van der Waals surface area contributed by atoms with E-state index in [1.54, 1.807) is 0 Å². The van der Waals surface area contributed by atoms with Crippen molar-refractivity contribution in [3.05, 3.63) is 66.7 Å². The number of carbonyl (C=O) groups is 2. The van der Waals surface area contributed by atoms with Crippen molar-refractivity contribution in [3.8, 4) is 0 Å². The monoisotopic (exact) mass is 320 g/mol. The summed E-state index contributed by atoms with van der Waals surface area (Å²) >= 11 is 0. The highest BCUT2D eigenvalue weighted by atomic mass is 16.4. The number of para-hydroxylation sites is 2. The molecule has 5 nitrogen and oxygen atoms in total. The van der Waals surface area contributed by atoms with Gasteiger partial charge in [0.1, 0.15) is 6.04 Å². The third kappa shape index (κ3) is 2.84. The predicted molar refractivity (Wildman–Crippen MR) is 93.0 cm³/mol. The fourth-order valence-corrected chi connectivity index (χ4v) is 2.70. The van der Waals surface area contributed by atoms with Crippen LogP contribution in [0.4, 0.5) is 0 Å². The van der Waals surface area contributed by atoms with E-state index >= 15 is 0 Å². The molecule has 0 radical (unpaired) electrons. The molecule has 2 aromatic carbocycles. The van der Waals surface area contributed by atoms with Crippen molar-refractivity contribution in [2.24, 2.45) is 0 Å². The summed E-state index contributed by atoms with van der Waals surface area (Å²) in [6.07, 6.45) is 1.63. The van der Waals surface area contributed by atoms with E-state index in [0.29, 0.717) is 27.4 Å². The van der Waals surface area contributed by atoms with Gasteiger partial charge in [-0.1, -0.05) is 42.5 Å². The molecule has 24 heavy (non-hydrogen) atoms. The molecule has 2 N–H and O–H groups in total. The van der Waals surface area contributed by atoms with Crippen LogP contribution in [0.15, 0.2) is 61.2 Å². The van der Waals surface area contributed by atoms with Crippen molar-refractivity contribution in [2.45, 2.75) is 12.5 Å². The molecule has 0 aliphatic rings. The SMILES string of the molecule is C=CC[C@@H](NC(=O)c1c2ccccc2nc2ccccc12)C(=O)O. The van der Waals surface area contributed by atoms with Gasteiger partial charge in [-0.3, -0.25) is 4.79 Å². The van der Waals surface area contributed by atoms with Crippen LogP contribution in [0.1, 0.15) is 16.8 Å². The number of aliphatic carboxylic acids is 1. The Bertz CT molecular complexity index is 896. The Labute approximate surface area is 138 Å². The van der Waals surface area contributed by atoms with Crippen LogP contribution >= 0.6 is 0 Å². The minimum Gasteiger partial charge on any atom is -0.480 e. The maximum Gasteiger partial charge on any atom is 0.326 e. The molecular formula is C19H16N2O3. The molecule has 120 valence electrons. The molecule has 3 rings (SSSR count). The molecule has 0 saturated carbocycles. The van der Waals surface area contributed by atoms with Crippen LogP contribution in [0, 0.1) is 0 Å². The second kappa shape index (κ2) is 6.50. The Morgan fingerprint density at radius 3 is 2.12 bits per heavy atom. The van der Waals surface area contributed by atoms with Crippen LogP contribution in [-0.2, 0) is 4.79 Å². The molecule has 0 aliphatic carbocycles. The first-order valence-electron chi connectivity index (χ1n) is 7.54. The van der Waals surface area contributed by atoms with Crippen LogP contribution < -0.4 is 5.32 Å². The maximum absolute atomic E-state index is 12.8. The van der Waals surface area contributed by atoms with Gasteiger partial charge in [-0.15, -0.1) is 6.58 Å². The molecule has 0 fully saturated rings. The Morgan fingerprint density at radius 1 is 1.08 bits per heavy atom. The zero-order valence-electron chi connectivity index (χ0n) is 12.9. The zero-order chi connectivity index (χ0) is 17.1. The lowest BCUT2D eigenvalue weighted by Gasteiger charge is -2.15. The van der Waals surface area contributed by atoms with Gasteiger partial charge in [-0.05, 0) is 18.6 Å². The molecule has 0 aliphatic heterocycles. The van der Waals surface area contributed by atoms with Crippen LogP contribution in [-0.4, -0.2) is 28.0 Å². The molecule has 1 atom stereocenters. The lowest BCUT2D eigenvalue weighted by molar-refractivity contribution is -0.139. The number of benzene rings is 2. The number of carboxylic acid groups (broad SMARTS) is 1. The maximum atomic E-state index is 12.8. The quantitative estimate of drug-likeness (QED) is 0.559. The normalized spacial score (nSPS) is 12.0. The molecule has 3 aromatic rings. The van der Waals surface area contributed by atoms with Gasteiger partial charge in [0, 0.05) is 10.8 Å². The molecular weight excluding hydrogens is 304 g/mol. The number of fused-ring (bicyclic) bond motifs is 2. The third-order valence-electron chi connectivity index (χ3n) is 3.82. The second-order valence-electron chi connectivity index (χ2n) is 5.41. The van der Waals surface area contributed by atoms with Crippen molar-refractivity contribution < 1.29 is 14.7 Å². The lowest BCUT2D eigenvalue weighted by Crippen LogP contribution is -2.40. The summed E-state index contributed by atoms with van der Waals surface area (Å²) in [7, 11) is 0. The number of pyridine rings is 1. The van der Waals surface area contributed by atoms with Gasteiger partial charge < -0.3 is 10.4 Å². The fraction of sp³-hybridized carbons (Fsp3) is 0.105. The average Bonchev–Trinajstić information content (AvgIpc) is 2.58. The number of aromatic nitrogens is 1. The van der Waals surface area contributed by atoms with Crippen LogP contribution in [0.5, 0.6) is 0 Å². The highest BCUT2D eigenvalue weighted by molar-refractivity contribution is 6.16. The summed E-state index contributed by atoms with van der Waals surface area (Å²) in [5.41, 5.74) is 1.82. The minimum atomic E-state index is -1.09. The second-order valence-corrected chi connectivity index (χ2v) is 5.41. The van der Waals surface area contributed by atoms with Crippen molar-refractivity contribution in [2.75, 3.05) is 0 Å². The first-order chi connectivity index (χ1) is 11.6. The summed E-state index contributed by atoms with van der Waals surface area (Å²) in [4.78, 5) is 28.7. The van der Waals surface area contributed by atoms with Crippen LogP contribution in [0.2, 0.25) is 0 Å². The minimum absolute atomic E-state index is 0.155. The number of rotatable bonds is 5.